The molecule has 0 aromatic carbocycles. The maximum atomic E-state index is 4.59. The molecule has 20 heavy (non-hydrogen) atoms. The third-order valence-electron chi connectivity index (χ3n) is 3.94. The number of hydrogen-bond donors (Lipinski definition) is 1. The van der Waals surface area contributed by atoms with E-state index < -0.39 is 0 Å². The van der Waals surface area contributed by atoms with Gasteiger partial charge in [0.05, 0.1) is 5.69 Å². The van der Waals surface area contributed by atoms with Crippen LogP contribution in [0.3, 0.4) is 0 Å². The van der Waals surface area contributed by atoms with E-state index in [4.69, 9.17) is 0 Å². The van der Waals surface area contributed by atoms with Crippen molar-refractivity contribution in [1.82, 2.24) is 15.2 Å². The van der Waals surface area contributed by atoms with Gasteiger partial charge in [-0.05, 0) is 58.2 Å². The van der Waals surface area contributed by atoms with E-state index >= 15 is 0 Å². The van der Waals surface area contributed by atoms with Gasteiger partial charge in [-0.2, -0.15) is 0 Å². The summed E-state index contributed by atoms with van der Waals surface area (Å²) in [6.45, 7) is 9.62. The minimum Gasteiger partial charge on any atom is -0.308 e. The second kappa shape index (κ2) is 6.68. The lowest BCUT2D eigenvalue weighted by molar-refractivity contribution is 0.199. The Hall–Kier alpha value is -0.930. The fraction of sp³-hybridized carbons (Fsp3) is 0.706. The number of pyridine rings is 1. The van der Waals surface area contributed by atoms with E-state index in [1.54, 1.807) is 0 Å². The van der Waals surface area contributed by atoms with Crippen molar-refractivity contribution in [3.05, 3.63) is 29.6 Å². The fourth-order valence-electron chi connectivity index (χ4n) is 2.48. The average molecular weight is 275 g/mol. The Morgan fingerprint density at radius 1 is 1.30 bits per heavy atom. The average Bonchev–Trinajstić information content (AvgIpc) is 2.32. The molecular weight excluding hydrogens is 246 g/mol. The molecule has 3 nitrogen and oxygen atoms in total. The van der Waals surface area contributed by atoms with Crippen molar-refractivity contribution in [3.8, 4) is 0 Å². The van der Waals surface area contributed by atoms with Gasteiger partial charge in [0.1, 0.15) is 0 Å². The van der Waals surface area contributed by atoms with Gasteiger partial charge in [-0.3, -0.25) is 4.98 Å². The van der Waals surface area contributed by atoms with E-state index in [-0.39, 0.29) is 5.54 Å². The maximum Gasteiger partial charge on any atom is 0.0544 e. The highest BCUT2D eigenvalue weighted by molar-refractivity contribution is 5.14. The third-order valence-corrected chi connectivity index (χ3v) is 3.94. The molecule has 1 aliphatic carbocycles. The van der Waals surface area contributed by atoms with Crippen molar-refractivity contribution in [2.75, 3.05) is 13.6 Å². The molecule has 1 aliphatic rings. The molecule has 1 heterocycles. The van der Waals surface area contributed by atoms with E-state index in [0.29, 0.717) is 0 Å². The Morgan fingerprint density at radius 3 is 2.55 bits per heavy atom. The van der Waals surface area contributed by atoms with Crippen LogP contribution in [0, 0.1) is 5.92 Å². The first kappa shape index (κ1) is 15.5. The summed E-state index contributed by atoms with van der Waals surface area (Å²) < 4.78 is 0. The lowest BCUT2D eigenvalue weighted by Crippen LogP contribution is -2.35. The highest BCUT2D eigenvalue weighted by atomic mass is 15.1. The van der Waals surface area contributed by atoms with E-state index in [2.05, 4.69) is 55.2 Å². The smallest absolute Gasteiger partial charge is 0.0544 e. The van der Waals surface area contributed by atoms with Crippen LogP contribution in [0.4, 0.5) is 0 Å². The minimum atomic E-state index is 0.154. The monoisotopic (exact) mass is 275 g/mol. The summed E-state index contributed by atoms with van der Waals surface area (Å²) >= 11 is 0. The van der Waals surface area contributed by atoms with Crippen molar-refractivity contribution in [1.29, 1.82) is 0 Å². The van der Waals surface area contributed by atoms with Gasteiger partial charge in [0, 0.05) is 31.4 Å². The van der Waals surface area contributed by atoms with Gasteiger partial charge in [0.15, 0.2) is 0 Å². The van der Waals surface area contributed by atoms with Gasteiger partial charge in [-0.25, -0.2) is 0 Å². The van der Waals surface area contributed by atoms with Crippen LogP contribution < -0.4 is 5.32 Å². The van der Waals surface area contributed by atoms with Crippen LogP contribution in [-0.2, 0) is 13.1 Å². The summed E-state index contributed by atoms with van der Waals surface area (Å²) in [6.07, 6.45) is 6.25. The summed E-state index contributed by atoms with van der Waals surface area (Å²) in [7, 11) is 2.20. The van der Waals surface area contributed by atoms with Gasteiger partial charge >= 0.3 is 0 Å². The van der Waals surface area contributed by atoms with E-state index in [9.17, 15) is 0 Å². The standard InChI is InChI=1S/C17H29N3/c1-17(2,3)19-11-15-8-9-16(18-10-15)13-20(4)12-14-6-5-7-14/h8-10,14,19H,5-7,11-13H2,1-4H3. The summed E-state index contributed by atoms with van der Waals surface area (Å²) in [4.78, 5) is 6.99. The summed E-state index contributed by atoms with van der Waals surface area (Å²) in [6, 6.07) is 4.36. The zero-order chi connectivity index (χ0) is 14.6. The molecule has 1 aromatic rings. The van der Waals surface area contributed by atoms with Crippen molar-refractivity contribution in [2.24, 2.45) is 5.92 Å². The van der Waals surface area contributed by atoms with Crippen LogP contribution in [0.5, 0.6) is 0 Å². The van der Waals surface area contributed by atoms with Gasteiger partial charge in [-0.15, -0.1) is 0 Å². The third kappa shape index (κ3) is 5.22. The van der Waals surface area contributed by atoms with Gasteiger partial charge in [0.25, 0.3) is 0 Å². The number of nitrogens with zero attached hydrogens (tertiary/aromatic N) is 2. The highest BCUT2D eigenvalue weighted by Gasteiger charge is 2.19. The van der Waals surface area contributed by atoms with Crippen LogP contribution in [0.2, 0.25) is 0 Å². The van der Waals surface area contributed by atoms with Gasteiger partial charge in [0.2, 0.25) is 0 Å². The first-order valence-corrected chi connectivity index (χ1v) is 7.80. The number of hydrogen-bond acceptors (Lipinski definition) is 3. The molecule has 112 valence electrons. The molecule has 0 radical (unpaired) electrons. The quantitative estimate of drug-likeness (QED) is 0.864. The molecule has 0 unspecified atom stereocenters. The first-order chi connectivity index (χ1) is 9.42. The van der Waals surface area contributed by atoms with Crippen LogP contribution in [0.25, 0.3) is 0 Å². The summed E-state index contributed by atoms with van der Waals surface area (Å²) in [5, 5.41) is 3.49. The molecule has 2 rings (SSSR count). The zero-order valence-corrected chi connectivity index (χ0v) is 13.4. The first-order valence-electron chi connectivity index (χ1n) is 7.80. The van der Waals surface area contributed by atoms with Crippen LogP contribution in [0.1, 0.15) is 51.3 Å². The van der Waals surface area contributed by atoms with Crippen molar-refractivity contribution >= 4 is 0 Å². The molecule has 1 fully saturated rings. The normalized spacial score (nSPS) is 16.4. The van der Waals surface area contributed by atoms with Crippen LogP contribution >= 0.6 is 0 Å². The van der Waals surface area contributed by atoms with Crippen molar-refractivity contribution in [2.45, 2.75) is 58.7 Å². The predicted molar refractivity (Wildman–Crippen MR) is 84.5 cm³/mol. The van der Waals surface area contributed by atoms with Crippen LogP contribution in [-0.4, -0.2) is 29.0 Å². The second-order valence-corrected chi connectivity index (χ2v) is 7.26. The van der Waals surface area contributed by atoms with Gasteiger partial charge < -0.3 is 10.2 Å². The lowest BCUT2D eigenvalue weighted by atomic mass is 9.85. The molecule has 1 aromatic heterocycles. The van der Waals surface area contributed by atoms with E-state index in [1.165, 1.54) is 37.1 Å². The van der Waals surface area contributed by atoms with E-state index in [1.807, 2.05) is 6.20 Å². The Kier molecular flexibility index (Phi) is 5.17. The molecule has 0 atom stereocenters. The molecule has 0 spiro atoms. The molecular formula is C17H29N3. The Bertz CT molecular complexity index is 401. The Balaban J connectivity index is 1.78. The molecule has 0 aliphatic heterocycles. The van der Waals surface area contributed by atoms with E-state index in [0.717, 1.165) is 19.0 Å². The molecule has 1 N–H and O–H groups in total. The largest absolute Gasteiger partial charge is 0.308 e. The molecule has 0 saturated heterocycles. The SMILES string of the molecule is CN(Cc1ccc(CNC(C)(C)C)cn1)CC1CCC1. The minimum absolute atomic E-state index is 0.154. The molecule has 3 heteroatoms. The maximum absolute atomic E-state index is 4.59. The number of nitrogens with one attached hydrogen (secondary N) is 1. The number of rotatable bonds is 6. The summed E-state index contributed by atoms with van der Waals surface area (Å²) in [5.74, 6) is 0.926. The van der Waals surface area contributed by atoms with Crippen molar-refractivity contribution < 1.29 is 0 Å². The molecule has 1 saturated carbocycles. The highest BCUT2D eigenvalue weighted by Crippen LogP contribution is 2.26. The topological polar surface area (TPSA) is 28.2 Å². The molecule has 0 amide bonds. The van der Waals surface area contributed by atoms with Crippen LogP contribution in [0.15, 0.2) is 18.3 Å². The Labute approximate surface area is 123 Å². The van der Waals surface area contributed by atoms with Gasteiger partial charge in [-0.1, -0.05) is 12.5 Å². The zero-order valence-electron chi connectivity index (χ0n) is 13.4. The summed E-state index contributed by atoms with van der Waals surface area (Å²) in [5.41, 5.74) is 2.58. The van der Waals surface area contributed by atoms with Crippen molar-refractivity contribution in [3.63, 3.8) is 0 Å². The molecule has 0 bridgehead atoms. The fourth-order valence-corrected chi connectivity index (χ4v) is 2.48. The second-order valence-electron chi connectivity index (χ2n) is 7.26. The Morgan fingerprint density at radius 2 is 2.05 bits per heavy atom. The predicted octanol–water partition coefficient (Wildman–Crippen LogP) is 3.20. The number of aromatic nitrogens is 1. The lowest BCUT2D eigenvalue weighted by Gasteiger charge is -2.29.